The number of morpholine rings is 1. The van der Waals surface area contributed by atoms with Gasteiger partial charge in [-0.05, 0) is 74.7 Å². The zero-order chi connectivity index (χ0) is 31.8. The Balaban J connectivity index is 1.41. The van der Waals surface area contributed by atoms with E-state index in [2.05, 4.69) is 9.84 Å². The maximum absolute atomic E-state index is 15.0. The van der Waals surface area contributed by atoms with Gasteiger partial charge in [0.1, 0.15) is 5.75 Å². The number of benzene rings is 2. The molecule has 2 unspecified atom stereocenters. The summed E-state index contributed by atoms with van der Waals surface area (Å²) in [4.78, 5) is 46.1. The molecule has 0 radical (unpaired) electrons. The Morgan fingerprint density at radius 1 is 0.933 bits per heavy atom. The predicted octanol–water partition coefficient (Wildman–Crippen LogP) is 3.92. The Morgan fingerprint density at radius 2 is 1.58 bits per heavy atom. The summed E-state index contributed by atoms with van der Waals surface area (Å²) < 4.78 is 53.7. The predicted molar refractivity (Wildman–Crippen MR) is 158 cm³/mol. The van der Waals surface area contributed by atoms with Crippen LogP contribution in [0.3, 0.4) is 0 Å². The van der Waals surface area contributed by atoms with E-state index in [1.807, 2.05) is 17.0 Å². The summed E-state index contributed by atoms with van der Waals surface area (Å²) in [6.07, 6.45) is -2.23. The van der Waals surface area contributed by atoms with Crippen molar-refractivity contribution < 1.29 is 41.8 Å². The molecule has 2 aromatic rings. The second-order valence-electron chi connectivity index (χ2n) is 11.2. The molecule has 4 aliphatic heterocycles. The monoisotopic (exact) mass is 629 g/mol. The van der Waals surface area contributed by atoms with Crippen molar-refractivity contribution in [3.8, 4) is 5.75 Å². The minimum Gasteiger partial charge on any atom is -0.461 e. The second kappa shape index (κ2) is 12.3. The molecule has 2 aromatic carbocycles. The summed E-state index contributed by atoms with van der Waals surface area (Å²) in [7, 11) is 0. The van der Waals surface area contributed by atoms with Crippen LogP contribution in [0.25, 0.3) is 0 Å². The number of esters is 1. The minimum atomic E-state index is -4.87. The first-order valence-electron chi connectivity index (χ1n) is 15.1. The third-order valence-electron chi connectivity index (χ3n) is 8.64. The Morgan fingerprint density at radius 3 is 2.20 bits per heavy atom. The first-order chi connectivity index (χ1) is 21.6. The van der Waals surface area contributed by atoms with E-state index < -0.39 is 29.7 Å². The van der Waals surface area contributed by atoms with Gasteiger partial charge in [-0.15, -0.1) is 13.2 Å². The molecule has 0 saturated carbocycles. The standard InChI is InChI=1S/C31H34F3N5O6/c1-2-44-28(41)27-25-14-16-38(22-8-6-21(7-9-22)37-15-4-3-5-26(37)40)29(42)30(25,36-17-19-43-20-18-36)39(35-27)23-10-12-24(13-11-23)45-31(32,33)34/h6-13,25H,2-5,14-20H2,1H3. The van der Waals surface area contributed by atoms with Crippen molar-refractivity contribution in [2.24, 2.45) is 11.0 Å². The Kier molecular flexibility index (Phi) is 8.44. The van der Waals surface area contributed by atoms with Crippen LogP contribution in [0.4, 0.5) is 30.2 Å². The Hall–Kier alpha value is -4.17. The van der Waals surface area contributed by atoms with E-state index in [1.165, 1.54) is 17.1 Å². The van der Waals surface area contributed by atoms with Gasteiger partial charge in [0.25, 0.3) is 5.91 Å². The van der Waals surface area contributed by atoms with Crippen LogP contribution < -0.4 is 19.5 Å². The van der Waals surface area contributed by atoms with Crippen molar-refractivity contribution in [1.29, 1.82) is 0 Å². The number of carbonyl (C=O) groups excluding carboxylic acids is 3. The first-order valence-corrected chi connectivity index (χ1v) is 15.1. The minimum absolute atomic E-state index is 0.0639. The van der Waals surface area contributed by atoms with Gasteiger partial charge in [-0.2, -0.15) is 5.10 Å². The summed E-state index contributed by atoms with van der Waals surface area (Å²) in [5, 5.41) is 6.12. The summed E-state index contributed by atoms with van der Waals surface area (Å²) in [6.45, 7) is 4.06. The SMILES string of the molecule is CCOC(=O)C1=NN(c2ccc(OC(F)(F)F)cc2)C2(N3CCOCC3)C(=O)N(c3ccc(N4CCCCC4=O)cc3)CCC12. The van der Waals surface area contributed by atoms with E-state index in [1.54, 1.807) is 28.9 Å². The molecule has 11 nitrogen and oxygen atoms in total. The maximum Gasteiger partial charge on any atom is 0.573 e. The van der Waals surface area contributed by atoms with Gasteiger partial charge in [-0.3, -0.25) is 14.5 Å². The number of ether oxygens (including phenoxy) is 3. The maximum atomic E-state index is 15.0. The van der Waals surface area contributed by atoms with Crippen LogP contribution in [0.15, 0.2) is 53.6 Å². The molecule has 0 N–H and O–H groups in total. The zero-order valence-corrected chi connectivity index (χ0v) is 24.8. The van der Waals surface area contributed by atoms with Gasteiger partial charge in [-0.25, -0.2) is 9.80 Å². The highest BCUT2D eigenvalue weighted by atomic mass is 19.4. The molecule has 2 amide bonds. The van der Waals surface area contributed by atoms with Crippen LogP contribution in [0.2, 0.25) is 0 Å². The third kappa shape index (κ3) is 5.72. The molecule has 2 atom stereocenters. The van der Waals surface area contributed by atoms with Gasteiger partial charge in [0, 0.05) is 44.0 Å². The van der Waals surface area contributed by atoms with Crippen molar-refractivity contribution in [3.63, 3.8) is 0 Å². The van der Waals surface area contributed by atoms with Crippen molar-refractivity contribution in [2.45, 2.75) is 44.6 Å². The number of hydrazone groups is 1. The van der Waals surface area contributed by atoms with E-state index in [-0.39, 0.29) is 30.7 Å². The molecule has 4 heterocycles. The van der Waals surface area contributed by atoms with E-state index in [9.17, 15) is 27.6 Å². The number of alkyl halides is 3. The van der Waals surface area contributed by atoms with Crippen LogP contribution in [0, 0.1) is 5.92 Å². The lowest BCUT2D eigenvalue weighted by Crippen LogP contribution is -2.74. The number of amides is 2. The summed E-state index contributed by atoms with van der Waals surface area (Å²) >= 11 is 0. The van der Waals surface area contributed by atoms with Gasteiger partial charge < -0.3 is 24.0 Å². The molecule has 45 heavy (non-hydrogen) atoms. The number of fused-ring (bicyclic) bond motifs is 1. The van der Waals surface area contributed by atoms with Crippen molar-refractivity contribution in [1.82, 2.24) is 4.90 Å². The number of nitrogens with zero attached hydrogens (tertiary/aromatic N) is 5. The zero-order valence-electron chi connectivity index (χ0n) is 24.8. The largest absolute Gasteiger partial charge is 0.573 e. The first kappa shape index (κ1) is 30.8. The number of anilines is 3. The summed E-state index contributed by atoms with van der Waals surface area (Å²) in [5.41, 5.74) is 0.210. The van der Waals surface area contributed by atoms with Crippen LogP contribution in [0.5, 0.6) is 5.75 Å². The van der Waals surface area contributed by atoms with Gasteiger partial charge in [0.05, 0.1) is 31.4 Å². The fraction of sp³-hybridized carbons (Fsp3) is 0.484. The molecule has 0 spiro atoms. The van der Waals surface area contributed by atoms with Crippen LogP contribution in [-0.4, -0.2) is 86.4 Å². The highest BCUT2D eigenvalue weighted by molar-refractivity contribution is 6.40. The Bertz CT molecular complexity index is 1460. The number of rotatable bonds is 7. The van der Waals surface area contributed by atoms with E-state index in [0.717, 1.165) is 30.7 Å². The van der Waals surface area contributed by atoms with E-state index in [0.29, 0.717) is 57.1 Å². The molecule has 6 rings (SSSR count). The molecule has 3 saturated heterocycles. The quantitative estimate of drug-likeness (QED) is 0.425. The molecule has 4 aliphatic rings. The third-order valence-corrected chi connectivity index (χ3v) is 8.64. The molecule has 0 bridgehead atoms. The lowest BCUT2D eigenvalue weighted by Gasteiger charge is -2.53. The molecule has 240 valence electrons. The topological polar surface area (TPSA) is 104 Å². The van der Waals surface area contributed by atoms with Crippen molar-refractivity contribution >= 4 is 40.6 Å². The van der Waals surface area contributed by atoms with Crippen LogP contribution in [-0.2, 0) is 23.9 Å². The number of hydrogen-bond donors (Lipinski definition) is 0. The summed E-state index contributed by atoms with van der Waals surface area (Å²) in [5.74, 6) is -2.07. The fourth-order valence-electron chi connectivity index (χ4n) is 6.69. The highest BCUT2D eigenvalue weighted by Gasteiger charge is 2.65. The molecule has 0 aromatic heterocycles. The van der Waals surface area contributed by atoms with Crippen LogP contribution in [0.1, 0.15) is 32.6 Å². The molecule has 3 fully saturated rings. The number of piperidine rings is 2. The number of halogens is 3. The smallest absolute Gasteiger partial charge is 0.461 e. The molecule has 14 heteroatoms. The van der Waals surface area contributed by atoms with E-state index >= 15 is 0 Å². The highest BCUT2D eigenvalue weighted by Crippen LogP contribution is 2.47. The van der Waals surface area contributed by atoms with Crippen LogP contribution >= 0.6 is 0 Å². The molecule has 0 aliphatic carbocycles. The lowest BCUT2D eigenvalue weighted by molar-refractivity contribution is -0.274. The second-order valence-corrected chi connectivity index (χ2v) is 11.2. The number of carbonyl (C=O) groups is 3. The average molecular weight is 630 g/mol. The number of hydrogen-bond acceptors (Lipinski definition) is 9. The molecular weight excluding hydrogens is 595 g/mol. The molecular formula is C31H34F3N5O6. The van der Waals surface area contributed by atoms with Crippen molar-refractivity contribution in [3.05, 3.63) is 48.5 Å². The lowest BCUT2D eigenvalue weighted by atomic mass is 9.79. The van der Waals surface area contributed by atoms with Gasteiger partial charge in [-0.1, -0.05) is 0 Å². The van der Waals surface area contributed by atoms with E-state index in [4.69, 9.17) is 9.47 Å². The van der Waals surface area contributed by atoms with Crippen molar-refractivity contribution in [2.75, 3.05) is 60.8 Å². The van der Waals surface area contributed by atoms with Gasteiger partial charge >= 0.3 is 12.3 Å². The van der Waals surface area contributed by atoms with Gasteiger partial charge in [0.2, 0.25) is 11.6 Å². The fourth-order valence-corrected chi connectivity index (χ4v) is 6.69. The Labute approximate surface area is 258 Å². The normalized spacial score (nSPS) is 24.4. The average Bonchev–Trinajstić information content (AvgIpc) is 3.39. The summed E-state index contributed by atoms with van der Waals surface area (Å²) in [6, 6.07) is 12.3. The van der Waals surface area contributed by atoms with Gasteiger partial charge in [0.15, 0.2) is 5.71 Å².